The number of aliphatic hydroxyl groups excluding tert-OH is 4. The molecule has 20 heteroatoms. The summed E-state index contributed by atoms with van der Waals surface area (Å²) in [5.74, 6) is -4.30. The Labute approximate surface area is 322 Å². The number of likely N-dealkylation sites (N-methyl/N-ethyl adjacent to an activating group) is 5. The summed E-state index contributed by atoms with van der Waals surface area (Å²) in [5.41, 5.74) is -3.33. The van der Waals surface area contributed by atoms with Gasteiger partial charge in [0.25, 0.3) is 0 Å². The van der Waals surface area contributed by atoms with Crippen LogP contribution in [0.15, 0.2) is 0 Å². The predicted molar refractivity (Wildman–Crippen MR) is 194 cm³/mol. The molecule has 2 saturated carbocycles. The van der Waals surface area contributed by atoms with Crippen molar-refractivity contribution in [2.45, 2.75) is 168 Å². The third-order valence-electron chi connectivity index (χ3n) is 12.2. The zero-order chi connectivity index (χ0) is 40.7. The zero-order valence-electron chi connectivity index (χ0n) is 33.2. The normalized spacial score (nSPS) is 52.1. The molecule has 4 saturated heterocycles. The average Bonchev–Trinajstić information content (AvgIpc) is 3.12. The van der Waals surface area contributed by atoms with Crippen LogP contribution in [0.4, 0.5) is 0 Å². The number of hydrogen-bond donors (Lipinski definition) is 14. The van der Waals surface area contributed by atoms with Gasteiger partial charge in [-0.05, 0) is 61.5 Å². The van der Waals surface area contributed by atoms with Gasteiger partial charge >= 0.3 is 0 Å². The molecule has 0 radical (unpaired) electrons. The van der Waals surface area contributed by atoms with E-state index in [1.807, 2.05) is 13.8 Å². The van der Waals surface area contributed by atoms with Gasteiger partial charge < -0.3 is 101 Å². The van der Waals surface area contributed by atoms with Gasteiger partial charge in [-0.25, -0.2) is 0 Å². The van der Waals surface area contributed by atoms with Crippen molar-refractivity contribution in [3.8, 4) is 0 Å². The molecule has 4 aliphatic heterocycles. The Bertz CT molecular complexity index is 1250. The Hall–Kier alpha value is -0.800. The lowest BCUT2D eigenvalue weighted by atomic mass is 9.77. The van der Waals surface area contributed by atoms with E-state index in [4.69, 9.17) is 28.4 Å². The van der Waals surface area contributed by atoms with Gasteiger partial charge in [-0.2, -0.15) is 0 Å². The van der Waals surface area contributed by atoms with Gasteiger partial charge in [-0.1, -0.05) is 13.8 Å². The standard InChI is InChI=1S/C18H35N3O7.C17H33N3O7/c1-5-6-21-8-17(24)7-9(2)26-16-18(17,25)28-14-11(20-4)12(22)10(19-3)13(23)15(14)27-16;1-5-20-7-16(23)6-8(2)25-15-17(16,24)27-13-10(19-4)11(21)9(18-3)12(22)14(13)26-15/h9-16,19-25H,5-8H2,1-4H3;8-15,18-24H,5-7H2,1-4H3/t9-,10-,11+,12+,13+,14-,15-,16+,17-,18-;8-,9-,10+,11+,12+,13-,14-,15+,16-,17-/m11/s1. The highest BCUT2D eigenvalue weighted by atomic mass is 16.8. The predicted octanol–water partition coefficient (Wildman–Crippen LogP) is -5.92. The van der Waals surface area contributed by atoms with Crippen LogP contribution in [0, 0.1) is 0 Å². The lowest BCUT2D eigenvalue weighted by Gasteiger charge is -2.60. The molecule has 20 nitrogen and oxygen atoms in total. The molecule has 6 fully saturated rings. The Morgan fingerprint density at radius 2 is 0.909 bits per heavy atom. The van der Waals surface area contributed by atoms with Gasteiger partial charge in [0, 0.05) is 25.9 Å². The van der Waals surface area contributed by atoms with Gasteiger partial charge in [0.15, 0.2) is 0 Å². The molecular formula is C35H68N6O14. The molecule has 55 heavy (non-hydrogen) atoms. The monoisotopic (exact) mass is 796 g/mol. The smallest absolute Gasteiger partial charge is 0.249 e. The van der Waals surface area contributed by atoms with Gasteiger partial charge in [0.1, 0.15) is 47.8 Å². The highest BCUT2D eigenvalue weighted by molar-refractivity contribution is 5.14. The van der Waals surface area contributed by atoms with Gasteiger partial charge in [-0.3, -0.25) is 0 Å². The Balaban J connectivity index is 0.000000211. The molecule has 0 spiro atoms. The number of fused-ring (bicyclic) bond motifs is 4. The summed E-state index contributed by atoms with van der Waals surface area (Å²) in [4.78, 5) is 0. The summed E-state index contributed by atoms with van der Waals surface area (Å²) in [6.07, 6.45) is -9.83. The van der Waals surface area contributed by atoms with E-state index in [2.05, 4.69) is 31.9 Å². The van der Waals surface area contributed by atoms with E-state index in [0.29, 0.717) is 13.1 Å². The summed E-state index contributed by atoms with van der Waals surface area (Å²) in [5, 5.41) is 106. The summed E-state index contributed by atoms with van der Waals surface area (Å²) in [6.45, 7) is 8.91. The van der Waals surface area contributed by atoms with Crippen LogP contribution >= 0.6 is 0 Å². The van der Waals surface area contributed by atoms with E-state index in [1.165, 1.54) is 0 Å². The fraction of sp³-hybridized carbons (Fsp3) is 1.00. The van der Waals surface area contributed by atoms with Crippen LogP contribution < -0.4 is 31.9 Å². The lowest BCUT2D eigenvalue weighted by molar-refractivity contribution is -0.482. The van der Waals surface area contributed by atoms with E-state index >= 15 is 0 Å². The minimum Gasteiger partial charge on any atom is -0.390 e. The summed E-state index contributed by atoms with van der Waals surface area (Å²) >= 11 is 0. The van der Waals surface area contributed by atoms with Gasteiger partial charge in [-0.15, -0.1) is 0 Å². The van der Waals surface area contributed by atoms with Crippen LogP contribution in [-0.4, -0.2) is 216 Å². The first-order chi connectivity index (χ1) is 25.9. The first-order valence-corrected chi connectivity index (χ1v) is 19.6. The molecule has 6 aliphatic rings. The Morgan fingerprint density at radius 3 is 1.25 bits per heavy atom. The van der Waals surface area contributed by atoms with Crippen molar-refractivity contribution in [3.63, 3.8) is 0 Å². The van der Waals surface area contributed by atoms with Crippen LogP contribution in [0.3, 0.4) is 0 Å². The molecular weight excluding hydrogens is 728 g/mol. The fourth-order valence-electron chi connectivity index (χ4n) is 9.26. The zero-order valence-corrected chi connectivity index (χ0v) is 33.2. The second-order valence-electron chi connectivity index (χ2n) is 16.0. The Kier molecular flexibility index (Phi) is 14.7. The van der Waals surface area contributed by atoms with Crippen molar-refractivity contribution >= 4 is 0 Å². The third kappa shape index (κ3) is 7.98. The quantitative estimate of drug-likeness (QED) is 0.0867. The minimum atomic E-state index is -2.15. The van der Waals surface area contributed by atoms with E-state index in [-0.39, 0.29) is 38.1 Å². The van der Waals surface area contributed by atoms with Gasteiger partial charge in [0.2, 0.25) is 24.2 Å². The summed E-state index contributed by atoms with van der Waals surface area (Å²) in [6, 6.07) is -2.58. The van der Waals surface area contributed by atoms with Crippen molar-refractivity contribution in [1.29, 1.82) is 0 Å². The topological polar surface area (TPSA) is 289 Å². The van der Waals surface area contributed by atoms with Crippen LogP contribution in [0.5, 0.6) is 0 Å². The van der Waals surface area contributed by atoms with Crippen LogP contribution in [-0.2, 0) is 28.4 Å². The van der Waals surface area contributed by atoms with E-state index < -0.39 is 108 Å². The van der Waals surface area contributed by atoms with E-state index in [0.717, 1.165) is 6.42 Å². The first-order valence-electron chi connectivity index (χ1n) is 19.6. The molecule has 0 bridgehead atoms. The van der Waals surface area contributed by atoms with Crippen molar-refractivity contribution < 1.29 is 69.3 Å². The number of aliphatic hydroxyl groups is 8. The molecule has 0 amide bonds. The molecule has 0 aromatic carbocycles. The molecule has 14 N–H and O–H groups in total. The van der Waals surface area contributed by atoms with Crippen LogP contribution in [0.1, 0.15) is 47.0 Å². The second kappa shape index (κ2) is 17.8. The lowest BCUT2D eigenvalue weighted by Crippen LogP contribution is -2.81. The first kappa shape index (κ1) is 45.3. The van der Waals surface area contributed by atoms with E-state index in [1.54, 1.807) is 42.0 Å². The summed E-state index contributed by atoms with van der Waals surface area (Å²) < 4.78 is 35.4. The molecule has 4 heterocycles. The molecule has 0 aromatic rings. The maximum atomic E-state index is 11.4. The van der Waals surface area contributed by atoms with Gasteiger partial charge in [0.05, 0.1) is 48.6 Å². The average molecular weight is 797 g/mol. The van der Waals surface area contributed by atoms with Crippen LogP contribution in [0.2, 0.25) is 0 Å². The second-order valence-corrected chi connectivity index (χ2v) is 16.0. The molecule has 20 atom stereocenters. The maximum Gasteiger partial charge on any atom is 0.249 e. The highest BCUT2D eigenvalue weighted by Gasteiger charge is 2.70. The largest absolute Gasteiger partial charge is 0.390 e. The molecule has 322 valence electrons. The number of rotatable bonds is 11. The Morgan fingerprint density at radius 1 is 0.527 bits per heavy atom. The number of ether oxygens (including phenoxy) is 6. The van der Waals surface area contributed by atoms with Crippen LogP contribution in [0.25, 0.3) is 0 Å². The SMILES string of the molecule is CCCNC[C@]1(O)C[C@@H](C)O[C@H]2O[C@@H]3[C@@H](O)[C@H](NC)[C@H](O)[C@H](NC)[C@H]3O[C@]21O.CCNC[C@]1(O)C[C@@H](C)O[C@H]2O[C@@H]3[C@@H](O)[C@H](NC)[C@H](O)[C@H](NC)[C@H]3O[C@]21O. The molecule has 0 unspecified atom stereocenters. The van der Waals surface area contributed by atoms with E-state index in [9.17, 15) is 40.9 Å². The third-order valence-corrected chi connectivity index (χ3v) is 12.2. The van der Waals surface area contributed by atoms with Crippen molar-refractivity contribution in [3.05, 3.63) is 0 Å². The van der Waals surface area contributed by atoms with Crippen molar-refractivity contribution in [2.75, 3.05) is 54.4 Å². The maximum absolute atomic E-state index is 11.4. The molecule has 6 rings (SSSR count). The van der Waals surface area contributed by atoms with Crippen molar-refractivity contribution in [2.24, 2.45) is 0 Å². The highest BCUT2D eigenvalue weighted by Crippen LogP contribution is 2.48. The minimum absolute atomic E-state index is 0.0828. The number of hydrogen-bond acceptors (Lipinski definition) is 20. The molecule has 2 aliphatic carbocycles. The number of nitrogens with one attached hydrogen (secondary N) is 6. The summed E-state index contributed by atoms with van der Waals surface area (Å²) in [7, 11) is 6.59. The van der Waals surface area contributed by atoms with Crippen molar-refractivity contribution in [1.82, 2.24) is 31.9 Å². The molecule has 0 aromatic heterocycles. The fourth-order valence-corrected chi connectivity index (χ4v) is 9.26.